The number of hydrogen-bond acceptors (Lipinski definition) is 3. The van der Waals surface area contributed by atoms with Crippen LogP contribution in [-0.4, -0.2) is 17.2 Å². The Hall–Kier alpha value is -1.53. The van der Waals surface area contributed by atoms with Crippen LogP contribution in [0.1, 0.15) is 12.2 Å². The number of nitrogens with zero attached hydrogens (tertiary/aromatic N) is 1. The van der Waals surface area contributed by atoms with Crippen LogP contribution in [0.3, 0.4) is 0 Å². The summed E-state index contributed by atoms with van der Waals surface area (Å²) in [5.41, 5.74) is 0. The van der Waals surface area contributed by atoms with Crippen LogP contribution in [-0.2, 0) is 4.79 Å². The molecule has 14 heavy (non-hydrogen) atoms. The van der Waals surface area contributed by atoms with E-state index < -0.39 is 18.5 Å². The molecule has 0 unspecified atom stereocenters. The minimum absolute atomic E-state index is 0.0169. The van der Waals surface area contributed by atoms with Gasteiger partial charge < -0.3 is 9.84 Å². The van der Waals surface area contributed by atoms with Crippen molar-refractivity contribution in [3.63, 3.8) is 0 Å². The molecule has 1 rings (SSSR count). The fourth-order valence-corrected chi connectivity index (χ4v) is 0.794. The summed E-state index contributed by atoms with van der Waals surface area (Å²) in [5.74, 6) is -0.769. The molecular weight excluding hydrogens is 201 g/mol. The van der Waals surface area contributed by atoms with Crippen LogP contribution in [0, 0.1) is 6.92 Å². The Balaban J connectivity index is 2.50. The first-order valence-electron chi connectivity index (χ1n) is 3.67. The Bertz CT molecular complexity index is 332. The molecule has 0 aliphatic carbocycles. The van der Waals surface area contributed by atoms with E-state index in [2.05, 4.69) is 9.68 Å². The topological polar surface area (TPSA) is 55.1 Å². The molecule has 1 amide bonds. The summed E-state index contributed by atoms with van der Waals surface area (Å²) >= 11 is 0. The maximum Gasteiger partial charge on any atom is 0.397 e. The number of nitrogens with one attached hydrogen (secondary N) is 1. The van der Waals surface area contributed by atoms with Crippen molar-refractivity contribution in [3.8, 4) is 0 Å². The zero-order chi connectivity index (χ0) is 10.8. The van der Waals surface area contributed by atoms with Crippen molar-refractivity contribution in [2.75, 3.05) is 5.32 Å². The molecule has 0 fully saturated rings. The molecule has 1 aromatic heterocycles. The molecule has 7 heteroatoms. The van der Waals surface area contributed by atoms with Gasteiger partial charge in [0.25, 0.3) is 0 Å². The molecule has 4 nitrogen and oxygen atoms in total. The van der Waals surface area contributed by atoms with Crippen LogP contribution in [0.25, 0.3) is 0 Å². The first kappa shape index (κ1) is 10.6. The summed E-state index contributed by atoms with van der Waals surface area (Å²) in [4.78, 5) is 10.7. The van der Waals surface area contributed by atoms with Gasteiger partial charge in [-0.25, -0.2) is 0 Å². The average molecular weight is 208 g/mol. The molecule has 0 saturated carbocycles. The lowest BCUT2D eigenvalue weighted by atomic mass is 10.4. The van der Waals surface area contributed by atoms with Crippen LogP contribution in [0.5, 0.6) is 0 Å². The van der Waals surface area contributed by atoms with E-state index in [4.69, 9.17) is 0 Å². The lowest BCUT2D eigenvalue weighted by Crippen LogP contribution is -2.21. The van der Waals surface area contributed by atoms with Crippen LogP contribution in [0.15, 0.2) is 10.6 Å². The number of rotatable bonds is 2. The number of halogens is 3. The van der Waals surface area contributed by atoms with E-state index in [1.807, 2.05) is 5.32 Å². The van der Waals surface area contributed by atoms with Gasteiger partial charge in [-0.3, -0.25) is 4.79 Å². The molecular formula is C7H7F3N2O2. The maximum atomic E-state index is 11.7. The Morgan fingerprint density at radius 3 is 2.71 bits per heavy atom. The lowest BCUT2D eigenvalue weighted by Gasteiger charge is -2.04. The van der Waals surface area contributed by atoms with Crippen LogP contribution >= 0.6 is 0 Å². The third-order valence-corrected chi connectivity index (χ3v) is 1.26. The van der Waals surface area contributed by atoms with E-state index >= 15 is 0 Å². The molecule has 0 aliphatic rings. The highest BCUT2D eigenvalue weighted by Gasteiger charge is 2.31. The molecule has 1 aromatic rings. The summed E-state index contributed by atoms with van der Waals surface area (Å²) in [5, 5.41) is 5.27. The number of carbonyl (C=O) groups is 1. The number of carbonyl (C=O) groups excluding carboxylic acids is 1. The van der Waals surface area contributed by atoms with Gasteiger partial charge >= 0.3 is 6.18 Å². The van der Waals surface area contributed by atoms with Gasteiger partial charge in [0.05, 0.1) is 0 Å². The van der Waals surface area contributed by atoms with Crippen molar-refractivity contribution >= 4 is 11.7 Å². The predicted octanol–water partition coefficient (Wildman–Crippen LogP) is 1.87. The number of anilines is 1. The fourth-order valence-electron chi connectivity index (χ4n) is 0.794. The minimum atomic E-state index is -4.51. The zero-order valence-corrected chi connectivity index (χ0v) is 7.18. The van der Waals surface area contributed by atoms with Gasteiger partial charge in [0.1, 0.15) is 12.2 Å². The second-order valence-corrected chi connectivity index (χ2v) is 2.66. The van der Waals surface area contributed by atoms with Gasteiger partial charge in [-0.1, -0.05) is 5.16 Å². The Morgan fingerprint density at radius 2 is 2.29 bits per heavy atom. The summed E-state index contributed by atoms with van der Waals surface area (Å²) in [7, 11) is 0. The molecule has 0 aromatic carbocycles. The number of aromatic nitrogens is 1. The van der Waals surface area contributed by atoms with E-state index in [0.717, 1.165) is 0 Å². The molecule has 1 heterocycles. The smallest absolute Gasteiger partial charge is 0.360 e. The van der Waals surface area contributed by atoms with Gasteiger partial charge in [-0.15, -0.1) is 0 Å². The Labute approximate surface area is 77.1 Å². The number of alkyl halides is 3. The second kappa shape index (κ2) is 3.69. The molecule has 0 spiro atoms. The largest absolute Gasteiger partial charge is 0.397 e. The summed E-state index contributed by atoms with van der Waals surface area (Å²) in [6.07, 6.45) is -6.04. The second-order valence-electron chi connectivity index (χ2n) is 2.66. The molecule has 0 atom stereocenters. The monoisotopic (exact) mass is 208 g/mol. The van der Waals surface area contributed by atoms with E-state index in [9.17, 15) is 18.0 Å². The number of amides is 1. The molecule has 0 bridgehead atoms. The van der Waals surface area contributed by atoms with Gasteiger partial charge in [0.15, 0.2) is 5.82 Å². The van der Waals surface area contributed by atoms with Crippen molar-refractivity contribution in [1.29, 1.82) is 0 Å². The third-order valence-electron chi connectivity index (χ3n) is 1.26. The molecule has 1 N–H and O–H groups in total. The fraction of sp³-hybridized carbons (Fsp3) is 0.429. The molecule has 0 aliphatic heterocycles. The van der Waals surface area contributed by atoms with Gasteiger partial charge in [-0.05, 0) is 6.92 Å². The summed E-state index contributed by atoms with van der Waals surface area (Å²) in [6.45, 7) is 1.56. The van der Waals surface area contributed by atoms with Gasteiger partial charge in [-0.2, -0.15) is 13.2 Å². The Morgan fingerprint density at radius 1 is 1.64 bits per heavy atom. The SMILES string of the molecule is Cc1cc(NC(=O)CC(F)(F)F)no1. The van der Waals surface area contributed by atoms with Crippen LogP contribution in [0.2, 0.25) is 0 Å². The van der Waals surface area contributed by atoms with Crippen LogP contribution in [0.4, 0.5) is 19.0 Å². The van der Waals surface area contributed by atoms with Crippen molar-refractivity contribution < 1.29 is 22.5 Å². The third kappa shape index (κ3) is 3.46. The standard InChI is InChI=1S/C7H7F3N2O2/c1-4-2-5(12-14-4)11-6(13)3-7(8,9)10/h2H,3H2,1H3,(H,11,12,13). The molecule has 0 saturated heterocycles. The number of hydrogen-bond donors (Lipinski definition) is 1. The molecule has 78 valence electrons. The summed E-state index contributed by atoms with van der Waals surface area (Å²) < 4.78 is 39.7. The summed E-state index contributed by atoms with van der Waals surface area (Å²) in [6, 6.07) is 1.33. The Kier molecular flexibility index (Phi) is 2.78. The first-order chi connectivity index (χ1) is 6.37. The lowest BCUT2D eigenvalue weighted by molar-refractivity contribution is -0.150. The minimum Gasteiger partial charge on any atom is -0.360 e. The predicted molar refractivity (Wildman–Crippen MR) is 40.5 cm³/mol. The molecule has 0 radical (unpaired) electrons. The van der Waals surface area contributed by atoms with Gasteiger partial charge in [0, 0.05) is 6.07 Å². The number of aryl methyl sites for hydroxylation is 1. The highest BCUT2D eigenvalue weighted by molar-refractivity contribution is 5.90. The van der Waals surface area contributed by atoms with E-state index in [0.29, 0.717) is 5.76 Å². The highest BCUT2D eigenvalue weighted by atomic mass is 19.4. The van der Waals surface area contributed by atoms with Gasteiger partial charge in [0.2, 0.25) is 5.91 Å². The first-order valence-corrected chi connectivity index (χ1v) is 3.67. The zero-order valence-electron chi connectivity index (χ0n) is 7.18. The maximum absolute atomic E-state index is 11.7. The van der Waals surface area contributed by atoms with E-state index in [-0.39, 0.29) is 5.82 Å². The van der Waals surface area contributed by atoms with Crippen molar-refractivity contribution in [1.82, 2.24) is 5.16 Å². The van der Waals surface area contributed by atoms with Crippen molar-refractivity contribution in [3.05, 3.63) is 11.8 Å². The van der Waals surface area contributed by atoms with Crippen molar-refractivity contribution in [2.24, 2.45) is 0 Å². The normalized spacial score (nSPS) is 11.4. The van der Waals surface area contributed by atoms with Crippen LogP contribution < -0.4 is 5.32 Å². The van der Waals surface area contributed by atoms with E-state index in [1.165, 1.54) is 6.07 Å². The van der Waals surface area contributed by atoms with Crippen molar-refractivity contribution in [2.45, 2.75) is 19.5 Å². The average Bonchev–Trinajstić information content (AvgIpc) is 2.30. The highest BCUT2D eigenvalue weighted by Crippen LogP contribution is 2.20. The van der Waals surface area contributed by atoms with E-state index in [1.54, 1.807) is 6.92 Å². The quantitative estimate of drug-likeness (QED) is 0.807.